The van der Waals surface area contributed by atoms with Crippen LogP contribution in [-0.4, -0.2) is 55.5 Å². The van der Waals surface area contributed by atoms with Crippen LogP contribution >= 0.6 is 0 Å². The van der Waals surface area contributed by atoms with Crippen molar-refractivity contribution >= 4 is 11.9 Å². The van der Waals surface area contributed by atoms with Gasteiger partial charge in [0, 0.05) is 38.8 Å². The molecule has 0 bridgehead atoms. The van der Waals surface area contributed by atoms with Crippen LogP contribution in [0.1, 0.15) is 37.8 Å². The van der Waals surface area contributed by atoms with Gasteiger partial charge in [-0.1, -0.05) is 19.1 Å². The number of halogens is 3. The minimum absolute atomic E-state index is 0.0668. The van der Waals surface area contributed by atoms with Crippen LogP contribution in [0.3, 0.4) is 0 Å². The zero-order valence-electron chi connectivity index (χ0n) is 17.0. The Morgan fingerprint density at radius 3 is 2.55 bits per heavy atom. The summed E-state index contributed by atoms with van der Waals surface area (Å²) in [5, 5.41) is 9.27. The van der Waals surface area contributed by atoms with Gasteiger partial charge in [0.1, 0.15) is 6.54 Å². The summed E-state index contributed by atoms with van der Waals surface area (Å²) in [5.41, 5.74) is 0.225. The van der Waals surface area contributed by atoms with Gasteiger partial charge < -0.3 is 16.0 Å². The highest BCUT2D eigenvalue weighted by atomic mass is 19.4. The molecule has 1 amide bonds. The molecule has 1 heterocycles. The summed E-state index contributed by atoms with van der Waals surface area (Å²) in [7, 11) is 0. The van der Waals surface area contributed by atoms with Crippen molar-refractivity contribution in [1.82, 2.24) is 20.9 Å². The van der Waals surface area contributed by atoms with Gasteiger partial charge in [0.25, 0.3) is 0 Å². The Hall–Kier alpha value is -2.29. The highest BCUT2D eigenvalue weighted by Crippen LogP contribution is 2.29. The first-order valence-electron chi connectivity index (χ1n) is 10.0. The summed E-state index contributed by atoms with van der Waals surface area (Å²) < 4.78 is 38.0. The van der Waals surface area contributed by atoms with Gasteiger partial charge in [-0.05, 0) is 37.5 Å². The first kappa shape index (κ1) is 23.0. The minimum Gasteiger partial charge on any atom is -0.357 e. The van der Waals surface area contributed by atoms with Gasteiger partial charge in [-0.15, -0.1) is 0 Å². The highest BCUT2D eigenvalue weighted by Gasteiger charge is 2.30. The number of benzene rings is 1. The lowest BCUT2D eigenvalue weighted by Crippen LogP contribution is -2.45. The van der Waals surface area contributed by atoms with E-state index in [1.165, 1.54) is 12.1 Å². The Morgan fingerprint density at radius 2 is 1.93 bits per heavy atom. The summed E-state index contributed by atoms with van der Waals surface area (Å²) in [4.78, 5) is 18.3. The smallest absolute Gasteiger partial charge is 0.357 e. The predicted molar refractivity (Wildman–Crippen MR) is 108 cm³/mol. The molecule has 1 atom stereocenters. The fraction of sp³-hybridized carbons (Fsp3) is 0.600. The third-order valence-electron chi connectivity index (χ3n) is 4.60. The van der Waals surface area contributed by atoms with Gasteiger partial charge in [0.05, 0.1) is 5.56 Å². The number of hydrogen-bond acceptors (Lipinski definition) is 3. The van der Waals surface area contributed by atoms with Gasteiger partial charge in [0.15, 0.2) is 5.96 Å². The Bertz CT molecular complexity index is 676. The maximum Gasteiger partial charge on any atom is 0.416 e. The summed E-state index contributed by atoms with van der Waals surface area (Å²) in [6, 6.07) is 5.48. The van der Waals surface area contributed by atoms with Crippen LogP contribution < -0.4 is 16.0 Å². The normalized spacial score (nSPS) is 18.0. The molecule has 0 aromatic heterocycles. The molecule has 1 unspecified atom stereocenters. The van der Waals surface area contributed by atoms with Gasteiger partial charge in [-0.2, -0.15) is 13.2 Å². The SMILES string of the molecule is CCCNC(=O)CN=C(NCC)NC1CCN(Cc2ccc(C(F)(F)F)cc2)C1. The molecular formula is C20H30F3N5O. The van der Waals surface area contributed by atoms with E-state index in [4.69, 9.17) is 0 Å². The lowest BCUT2D eigenvalue weighted by Gasteiger charge is -2.19. The number of guanidine groups is 1. The lowest BCUT2D eigenvalue weighted by atomic mass is 10.1. The second-order valence-electron chi connectivity index (χ2n) is 7.10. The molecule has 1 aliphatic heterocycles. The number of alkyl halides is 3. The average Bonchev–Trinajstić information content (AvgIpc) is 3.11. The molecule has 162 valence electrons. The second-order valence-corrected chi connectivity index (χ2v) is 7.10. The molecule has 2 rings (SSSR count). The third-order valence-corrected chi connectivity index (χ3v) is 4.60. The molecule has 9 heteroatoms. The van der Waals surface area contributed by atoms with Crippen molar-refractivity contribution < 1.29 is 18.0 Å². The zero-order chi connectivity index (χ0) is 21.3. The predicted octanol–water partition coefficient (Wildman–Crippen LogP) is 2.36. The topological polar surface area (TPSA) is 68.8 Å². The molecule has 1 fully saturated rings. The summed E-state index contributed by atoms with van der Waals surface area (Å²) in [5.74, 6) is 0.486. The Balaban J connectivity index is 1.84. The van der Waals surface area contributed by atoms with Crippen molar-refractivity contribution in [1.29, 1.82) is 0 Å². The first-order valence-corrected chi connectivity index (χ1v) is 10.0. The number of nitrogens with one attached hydrogen (secondary N) is 3. The molecule has 0 radical (unpaired) electrons. The van der Waals surface area contributed by atoms with Gasteiger partial charge in [-0.3, -0.25) is 9.69 Å². The van der Waals surface area contributed by atoms with Gasteiger partial charge >= 0.3 is 6.18 Å². The van der Waals surface area contributed by atoms with Crippen molar-refractivity contribution in [3.63, 3.8) is 0 Å². The highest BCUT2D eigenvalue weighted by molar-refractivity contribution is 5.85. The van der Waals surface area contributed by atoms with Crippen molar-refractivity contribution in [3.05, 3.63) is 35.4 Å². The van der Waals surface area contributed by atoms with Crippen molar-refractivity contribution in [2.24, 2.45) is 4.99 Å². The number of rotatable bonds is 8. The van der Waals surface area contributed by atoms with E-state index in [1.807, 2.05) is 13.8 Å². The first-order chi connectivity index (χ1) is 13.8. The molecule has 1 aromatic rings. The molecule has 29 heavy (non-hydrogen) atoms. The molecule has 1 aliphatic rings. The fourth-order valence-corrected chi connectivity index (χ4v) is 3.14. The molecule has 0 saturated carbocycles. The lowest BCUT2D eigenvalue weighted by molar-refractivity contribution is -0.137. The molecule has 1 saturated heterocycles. The van der Waals surface area contributed by atoms with Crippen LogP contribution in [0.5, 0.6) is 0 Å². The fourth-order valence-electron chi connectivity index (χ4n) is 3.14. The minimum atomic E-state index is -4.31. The Kier molecular flexibility index (Phi) is 8.75. The number of aliphatic imine (C=N–C) groups is 1. The number of nitrogens with zero attached hydrogens (tertiary/aromatic N) is 2. The monoisotopic (exact) mass is 413 g/mol. The van der Waals surface area contributed by atoms with Crippen LogP contribution in [0.2, 0.25) is 0 Å². The molecule has 0 spiro atoms. The molecule has 6 nitrogen and oxygen atoms in total. The molecule has 3 N–H and O–H groups in total. The second kappa shape index (κ2) is 11.0. The number of carbonyl (C=O) groups is 1. The van der Waals surface area contributed by atoms with Gasteiger partial charge in [0.2, 0.25) is 5.91 Å². The van der Waals surface area contributed by atoms with Crippen molar-refractivity contribution in [2.45, 2.75) is 45.5 Å². The van der Waals surface area contributed by atoms with E-state index in [0.717, 1.165) is 43.6 Å². The number of carbonyl (C=O) groups excluding carboxylic acids is 1. The Morgan fingerprint density at radius 1 is 1.21 bits per heavy atom. The molecule has 0 aliphatic carbocycles. The average molecular weight is 413 g/mol. The van der Waals surface area contributed by atoms with E-state index in [2.05, 4.69) is 25.8 Å². The quantitative estimate of drug-likeness (QED) is 0.452. The summed E-state index contributed by atoms with van der Waals surface area (Å²) in [6.07, 6.45) is -2.53. The van der Waals surface area contributed by atoms with Crippen molar-refractivity contribution in [3.8, 4) is 0 Å². The van der Waals surface area contributed by atoms with E-state index in [-0.39, 0.29) is 18.5 Å². The van der Waals surface area contributed by atoms with Crippen LogP contribution in [0.25, 0.3) is 0 Å². The number of likely N-dealkylation sites (tertiary alicyclic amines) is 1. The van der Waals surface area contributed by atoms with Gasteiger partial charge in [-0.25, -0.2) is 4.99 Å². The zero-order valence-corrected chi connectivity index (χ0v) is 17.0. The van der Waals surface area contributed by atoms with E-state index < -0.39 is 11.7 Å². The van der Waals surface area contributed by atoms with E-state index in [0.29, 0.717) is 25.6 Å². The van der Waals surface area contributed by atoms with Crippen LogP contribution in [-0.2, 0) is 17.5 Å². The van der Waals surface area contributed by atoms with Crippen LogP contribution in [0.15, 0.2) is 29.3 Å². The molecule has 1 aromatic carbocycles. The number of amides is 1. The standard InChI is InChI=1S/C20H30F3N5O/c1-3-10-25-18(29)12-26-19(24-4-2)27-17-9-11-28(14-17)13-15-5-7-16(8-6-15)20(21,22)23/h5-8,17H,3-4,9-14H2,1-2H3,(H,25,29)(H2,24,26,27). The maximum absolute atomic E-state index is 12.7. The maximum atomic E-state index is 12.7. The van der Waals surface area contributed by atoms with Crippen molar-refractivity contribution in [2.75, 3.05) is 32.7 Å². The van der Waals surface area contributed by atoms with E-state index in [1.54, 1.807) is 0 Å². The summed E-state index contributed by atoms with van der Waals surface area (Å²) >= 11 is 0. The van der Waals surface area contributed by atoms with Crippen LogP contribution in [0, 0.1) is 0 Å². The van der Waals surface area contributed by atoms with Crippen LogP contribution in [0.4, 0.5) is 13.2 Å². The molecular weight excluding hydrogens is 383 g/mol. The third kappa shape index (κ3) is 7.92. The largest absolute Gasteiger partial charge is 0.416 e. The van der Waals surface area contributed by atoms with E-state index >= 15 is 0 Å². The number of hydrogen-bond donors (Lipinski definition) is 3. The van der Waals surface area contributed by atoms with E-state index in [9.17, 15) is 18.0 Å². The Labute approximate surface area is 169 Å². The summed E-state index contributed by atoms with van der Waals surface area (Å²) in [6.45, 7) is 7.54.